The fourth-order valence-electron chi connectivity index (χ4n) is 3.65. The molecule has 118 valence electrons. The van der Waals surface area contributed by atoms with Crippen LogP contribution >= 0.6 is 23.2 Å². The van der Waals surface area contributed by atoms with Gasteiger partial charge >= 0.3 is 0 Å². The molecule has 2 aliphatic rings. The van der Waals surface area contributed by atoms with Crippen LogP contribution in [0.2, 0.25) is 10.0 Å². The Morgan fingerprint density at radius 1 is 1.00 bits per heavy atom. The molecule has 0 radical (unpaired) electrons. The highest BCUT2D eigenvalue weighted by Crippen LogP contribution is 2.43. The number of fused-ring (bicyclic) bond motifs is 1. The van der Waals surface area contributed by atoms with Gasteiger partial charge in [0.25, 0.3) is 0 Å². The summed E-state index contributed by atoms with van der Waals surface area (Å²) in [6.45, 7) is 0.938. The molecule has 0 N–H and O–H groups in total. The molecule has 3 nitrogen and oxygen atoms in total. The molecule has 0 bridgehead atoms. The van der Waals surface area contributed by atoms with Gasteiger partial charge in [-0.05, 0) is 36.6 Å². The van der Waals surface area contributed by atoms with Crippen molar-refractivity contribution in [1.82, 2.24) is 4.90 Å². The van der Waals surface area contributed by atoms with Gasteiger partial charge in [-0.2, -0.15) is 0 Å². The molecule has 2 unspecified atom stereocenters. The molecule has 2 saturated heterocycles. The summed E-state index contributed by atoms with van der Waals surface area (Å²) in [4.78, 5) is 17.1. The van der Waals surface area contributed by atoms with E-state index in [-0.39, 0.29) is 18.1 Å². The maximum atomic E-state index is 13.0. The summed E-state index contributed by atoms with van der Waals surface area (Å²) >= 11 is 12.2. The van der Waals surface area contributed by atoms with Gasteiger partial charge in [-0.15, -0.1) is 0 Å². The summed E-state index contributed by atoms with van der Waals surface area (Å²) in [7, 11) is 0. The maximum Gasteiger partial charge on any atom is 0.246 e. The first-order valence-corrected chi connectivity index (χ1v) is 8.51. The van der Waals surface area contributed by atoms with E-state index in [1.165, 1.54) is 0 Å². The summed E-state index contributed by atoms with van der Waals surface area (Å²) in [5.74, 6) is 0.148. The minimum Gasteiger partial charge on any atom is -0.290 e. The van der Waals surface area contributed by atoms with Crippen LogP contribution in [-0.2, 0) is 4.79 Å². The number of hydrogen-bond donors (Lipinski definition) is 0. The molecule has 0 spiro atoms. The second kappa shape index (κ2) is 5.82. The van der Waals surface area contributed by atoms with E-state index >= 15 is 0 Å². The van der Waals surface area contributed by atoms with Crippen molar-refractivity contribution in [3.05, 3.63) is 64.1 Å². The molecule has 23 heavy (non-hydrogen) atoms. The van der Waals surface area contributed by atoms with Crippen molar-refractivity contribution in [2.45, 2.75) is 25.0 Å². The Hall–Kier alpha value is -1.55. The summed E-state index contributed by atoms with van der Waals surface area (Å²) in [6, 6.07) is 15.5. The lowest BCUT2D eigenvalue weighted by molar-refractivity contribution is -0.119. The summed E-state index contributed by atoms with van der Waals surface area (Å²) < 4.78 is 0. The summed E-state index contributed by atoms with van der Waals surface area (Å²) in [5, 5.41) is 0.967. The zero-order valence-electron chi connectivity index (χ0n) is 12.5. The Morgan fingerprint density at radius 3 is 2.52 bits per heavy atom. The number of halogens is 2. The van der Waals surface area contributed by atoms with Crippen molar-refractivity contribution in [1.29, 1.82) is 0 Å². The highest BCUT2D eigenvalue weighted by Gasteiger charge is 2.49. The van der Waals surface area contributed by atoms with E-state index in [0.29, 0.717) is 10.0 Å². The Bertz CT molecular complexity index is 750. The fraction of sp³-hybridized carbons (Fsp3) is 0.278. The van der Waals surface area contributed by atoms with Crippen LogP contribution in [0.15, 0.2) is 48.5 Å². The third kappa shape index (κ3) is 2.44. The minimum atomic E-state index is -0.0755. The van der Waals surface area contributed by atoms with Crippen molar-refractivity contribution >= 4 is 34.8 Å². The summed E-state index contributed by atoms with van der Waals surface area (Å²) in [5.41, 5.74) is 1.92. The van der Waals surface area contributed by atoms with Gasteiger partial charge in [0, 0.05) is 12.2 Å². The molecule has 2 aromatic carbocycles. The van der Waals surface area contributed by atoms with Crippen molar-refractivity contribution < 1.29 is 4.79 Å². The average Bonchev–Trinajstić information content (AvgIpc) is 3.13. The molecule has 0 saturated carbocycles. The maximum absolute atomic E-state index is 13.0. The van der Waals surface area contributed by atoms with Crippen LogP contribution in [0.1, 0.15) is 24.6 Å². The second-order valence-corrected chi connectivity index (χ2v) is 6.80. The Morgan fingerprint density at radius 2 is 1.78 bits per heavy atom. The lowest BCUT2D eigenvalue weighted by Crippen LogP contribution is -2.32. The van der Waals surface area contributed by atoms with E-state index in [4.69, 9.17) is 23.2 Å². The Balaban J connectivity index is 1.82. The molecule has 1 amide bonds. The number of amides is 1. The molecule has 2 heterocycles. The average molecular weight is 347 g/mol. The largest absolute Gasteiger partial charge is 0.290 e. The zero-order chi connectivity index (χ0) is 16.0. The number of rotatable bonds is 2. The third-order valence-electron chi connectivity index (χ3n) is 4.65. The first-order valence-electron chi connectivity index (χ1n) is 7.75. The van der Waals surface area contributed by atoms with Gasteiger partial charge in [0.05, 0.1) is 16.1 Å². The molecular formula is C18H16Cl2N2O. The van der Waals surface area contributed by atoms with E-state index in [1.54, 1.807) is 12.1 Å². The Labute approximate surface area is 145 Å². The number of hydrogen-bond acceptors (Lipinski definition) is 2. The first kappa shape index (κ1) is 15.0. The lowest BCUT2D eigenvalue weighted by Gasteiger charge is -2.30. The normalized spacial score (nSPS) is 24.3. The van der Waals surface area contributed by atoms with Crippen LogP contribution in [0.3, 0.4) is 0 Å². The molecule has 0 aliphatic carbocycles. The summed E-state index contributed by atoms with van der Waals surface area (Å²) in [6.07, 6.45) is 1.91. The topological polar surface area (TPSA) is 23.6 Å². The number of nitrogens with zero attached hydrogens (tertiary/aromatic N) is 2. The molecule has 2 aromatic rings. The monoisotopic (exact) mass is 346 g/mol. The highest BCUT2D eigenvalue weighted by molar-refractivity contribution is 6.42. The molecule has 2 atom stereocenters. The number of carbonyl (C=O) groups excluding carboxylic acids is 1. The van der Waals surface area contributed by atoms with Gasteiger partial charge in [0.1, 0.15) is 6.17 Å². The van der Waals surface area contributed by atoms with E-state index < -0.39 is 0 Å². The second-order valence-electron chi connectivity index (χ2n) is 5.99. The molecular weight excluding hydrogens is 331 g/mol. The van der Waals surface area contributed by atoms with Crippen molar-refractivity contribution in [2.75, 3.05) is 11.4 Å². The van der Waals surface area contributed by atoms with Crippen LogP contribution in [0.5, 0.6) is 0 Å². The van der Waals surface area contributed by atoms with E-state index in [0.717, 1.165) is 30.6 Å². The van der Waals surface area contributed by atoms with Crippen molar-refractivity contribution in [3.63, 3.8) is 0 Å². The van der Waals surface area contributed by atoms with Gasteiger partial charge in [-0.1, -0.05) is 53.5 Å². The highest BCUT2D eigenvalue weighted by atomic mass is 35.5. The van der Waals surface area contributed by atoms with E-state index in [9.17, 15) is 4.79 Å². The number of anilines is 1. The van der Waals surface area contributed by atoms with Crippen LogP contribution in [-0.4, -0.2) is 23.4 Å². The SMILES string of the molecule is O=C1C2CCCN2C(c2ccccc2)N1c1ccc(Cl)c(Cl)c1. The molecule has 4 rings (SSSR count). The predicted octanol–water partition coefficient (Wildman–Crippen LogP) is 4.50. The molecule has 2 fully saturated rings. The lowest BCUT2D eigenvalue weighted by atomic mass is 10.1. The first-order chi connectivity index (χ1) is 11.2. The smallest absolute Gasteiger partial charge is 0.246 e. The van der Waals surface area contributed by atoms with Crippen LogP contribution in [0, 0.1) is 0 Å². The Kier molecular flexibility index (Phi) is 3.80. The minimum absolute atomic E-state index is 0.0327. The molecule has 5 heteroatoms. The molecule has 0 aromatic heterocycles. The van der Waals surface area contributed by atoms with Crippen molar-refractivity contribution in [3.8, 4) is 0 Å². The molecule has 2 aliphatic heterocycles. The van der Waals surface area contributed by atoms with Crippen LogP contribution in [0.4, 0.5) is 5.69 Å². The van der Waals surface area contributed by atoms with Gasteiger partial charge in [0.15, 0.2) is 0 Å². The van der Waals surface area contributed by atoms with Crippen molar-refractivity contribution in [2.24, 2.45) is 0 Å². The zero-order valence-corrected chi connectivity index (χ0v) is 14.0. The fourth-order valence-corrected chi connectivity index (χ4v) is 3.94. The predicted molar refractivity (Wildman–Crippen MR) is 92.9 cm³/mol. The van der Waals surface area contributed by atoms with Gasteiger partial charge in [-0.25, -0.2) is 0 Å². The van der Waals surface area contributed by atoms with E-state index in [2.05, 4.69) is 17.0 Å². The quantitative estimate of drug-likeness (QED) is 0.798. The van der Waals surface area contributed by atoms with Crippen LogP contribution in [0.25, 0.3) is 0 Å². The van der Waals surface area contributed by atoms with Gasteiger partial charge < -0.3 is 0 Å². The van der Waals surface area contributed by atoms with Crippen LogP contribution < -0.4 is 4.90 Å². The third-order valence-corrected chi connectivity index (χ3v) is 5.39. The number of carbonyl (C=O) groups is 1. The standard InChI is InChI=1S/C18H16Cl2N2O/c19-14-9-8-13(11-15(14)20)22-17(12-5-2-1-3-6-12)21-10-4-7-16(21)18(22)23/h1-3,5-6,8-9,11,16-17H,4,7,10H2. The van der Waals surface area contributed by atoms with E-state index in [1.807, 2.05) is 29.2 Å². The van der Waals surface area contributed by atoms with Gasteiger partial charge in [0.2, 0.25) is 5.91 Å². The van der Waals surface area contributed by atoms with Gasteiger partial charge in [-0.3, -0.25) is 14.6 Å². The number of benzene rings is 2.